The molecule has 0 unspecified atom stereocenters. The smallest absolute Gasteiger partial charge is 0.251 e. The lowest BCUT2D eigenvalue weighted by Gasteiger charge is -2.10. The van der Waals surface area contributed by atoms with Crippen molar-refractivity contribution < 1.29 is 14.3 Å². The second-order valence-electron chi connectivity index (χ2n) is 5.78. The number of benzene rings is 2. The number of methoxy groups -OCH3 is 1. The average molecular weight is 326 g/mol. The molecular weight excluding hydrogens is 304 g/mol. The molecule has 0 aliphatic rings. The zero-order valence-electron chi connectivity index (χ0n) is 14.1. The van der Waals surface area contributed by atoms with Crippen LogP contribution in [0, 0.1) is 0 Å². The van der Waals surface area contributed by atoms with Crippen molar-refractivity contribution in [1.29, 1.82) is 0 Å². The average Bonchev–Trinajstić information content (AvgIpc) is 2.55. The monoisotopic (exact) mass is 326 g/mol. The molecule has 0 spiro atoms. The van der Waals surface area contributed by atoms with Gasteiger partial charge in [-0.1, -0.05) is 18.2 Å². The Morgan fingerprint density at radius 2 is 1.79 bits per heavy atom. The van der Waals surface area contributed by atoms with Crippen LogP contribution in [-0.2, 0) is 11.2 Å². The van der Waals surface area contributed by atoms with Crippen LogP contribution in [0.25, 0.3) is 0 Å². The van der Waals surface area contributed by atoms with Gasteiger partial charge < -0.3 is 15.4 Å². The Hall–Kier alpha value is -2.82. The van der Waals surface area contributed by atoms with Crippen LogP contribution in [0.2, 0.25) is 0 Å². The van der Waals surface area contributed by atoms with E-state index in [-0.39, 0.29) is 24.3 Å². The number of rotatable bonds is 6. The van der Waals surface area contributed by atoms with Gasteiger partial charge >= 0.3 is 0 Å². The van der Waals surface area contributed by atoms with Crippen LogP contribution in [0.3, 0.4) is 0 Å². The first-order valence-electron chi connectivity index (χ1n) is 7.81. The fourth-order valence-corrected chi connectivity index (χ4v) is 2.22. The van der Waals surface area contributed by atoms with Crippen molar-refractivity contribution in [3.63, 3.8) is 0 Å². The highest BCUT2D eigenvalue weighted by Crippen LogP contribution is 2.14. The van der Waals surface area contributed by atoms with E-state index in [2.05, 4.69) is 10.6 Å². The minimum Gasteiger partial charge on any atom is -0.497 e. The largest absolute Gasteiger partial charge is 0.497 e. The van der Waals surface area contributed by atoms with Crippen LogP contribution < -0.4 is 15.4 Å². The number of anilines is 1. The normalized spacial score (nSPS) is 10.3. The lowest BCUT2D eigenvalue weighted by molar-refractivity contribution is -0.115. The summed E-state index contributed by atoms with van der Waals surface area (Å²) in [6, 6.07) is 14.3. The molecule has 2 rings (SSSR count). The van der Waals surface area contributed by atoms with E-state index in [0.29, 0.717) is 11.3 Å². The molecule has 2 aromatic carbocycles. The van der Waals surface area contributed by atoms with Gasteiger partial charge in [-0.25, -0.2) is 0 Å². The van der Waals surface area contributed by atoms with E-state index in [9.17, 15) is 9.59 Å². The Bertz CT molecular complexity index is 709. The van der Waals surface area contributed by atoms with Crippen molar-refractivity contribution in [2.75, 3.05) is 12.4 Å². The summed E-state index contributed by atoms with van der Waals surface area (Å²) >= 11 is 0. The molecule has 0 fully saturated rings. The first-order valence-corrected chi connectivity index (χ1v) is 7.81. The number of hydrogen-bond acceptors (Lipinski definition) is 3. The quantitative estimate of drug-likeness (QED) is 0.857. The Morgan fingerprint density at radius 3 is 2.42 bits per heavy atom. The molecule has 0 heterocycles. The van der Waals surface area contributed by atoms with Gasteiger partial charge in [0, 0.05) is 17.3 Å². The molecule has 0 radical (unpaired) electrons. The molecule has 0 aromatic heterocycles. The van der Waals surface area contributed by atoms with E-state index in [4.69, 9.17) is 4.74 Å². The maximum Gasteiger partial charge on any atom is 0.251 e. The molecule has 2 N–H and O–H groups in total. The van der Waals surface area contributed by atoms with E-state index in [1.54, 1.807) is 31.4 Å². The van der Waals surface area contributed by atoms with Gasteiger partial charge in [-0.05, 0) is 49.7 Å². The molecular formula is C19H22N2O3. The van der Waals surface area contributed by atoms with Crippen molar-refractivity contribution in [3.8, 4) is 5.75 Å². The summed E-state index contributed by atoms with van der Waals surface area (Å²) in [5, 5.41) is 5.64. The summed E-state index contributed by atoms with van der Waals surface area (Å²) in [7, 11) is 1.60. The molecule has 0 bridgehead atoms. The number of carbonyl (C=O) groups is 2. The van der Waals surface area contributed by atoms with Gasteiger partial charge in [-0.15, -0.1) is 0 Å². The molecule has 126 valence electrons. The van der Waals surface area contributed by atoms with Crippen LogP contribution in [0.1, 0.15) is 29.8 Å². The van der Waals surface area contributed by atoms with Crippen molar-refractivity contribution in [3.05, 3.63) is 59.7 Å². The fraction of sp³-hybridized carbons (Fsp3) is 0.263. The van der Waals surface area contributed by atoms with Gasteiger partial charge in [0.15, 0.2) is 0 Å². The molecule has 24 heavy (non-hydrogen) atoms. The number of hydrogen-bond donors (Lipinski definition) is 2. The molecule has 0 aliphatic carbocycles. The fourth-order valence-electron chi connectivity index (χ4n) is 2.22. The lowest BCUT2D eigenvalue weighted by atomic mass is 10.1. The Kier molecular flexibility index (Phi) is 5.95. The summed E-state index contributed by atoms with van der Waals surface area (Å²) in [6.45, 7) is 3.80. The molecule has 5 heteroatoms. The van der Waals surface area contributed by atoms with Gasteiger partial charge in [0.1, 0.15) is 5.75 Å². The second kappa shape index (κ2) is 8.15. The third kappa shape index (κ3) is 5.12. The predicted octanol–water partition coefficient (Wildman–Crippen LogP) is 3.01. The van der Waals surface area contributed by atoms with Crippen LogP contribution in [0.4, 0.5) is 5.69 Å². The van der Waals surface area contributed by atoms with Gasteiger partial charge in [0.25, 0.3) is 5.91 Å². The molecule has 0 saturated heterocycles. The minimum absolute atomic E-state index is 0.0609. The first-order chi connectivity index (χ1) is 11.5. The maximum absolute atomic E-state index is 12.2. The molecule has 0 aliphatic heterocycles. The predicted molar refractivity (Wildman–Crippen MR) is 94.4 cm³/mol. The highest BCUT2D eigenvalue weighted by atomic mass is 16.5. The Morgan fingerprint density at radius 1 is 1.08 bits per heavy atom. The van der Waals surface area contributed by atoms with Crippen molar-refractivity contribution in [2.45, 2.75) is 26.3 Å². The highest BCUT2D eigenvalue weighted by molar-refractivity contribution is 5.97. The number of nitrogens with one attached hydrogen (secondary N) is 2. The number of ether oxygens (including phenoxy) is 1. The highest BCUT2D eigenvalue weighted by Gasteiger charge is 2.09. The molecule has 0 atom stereocenters. The van der Waals surface area contributed by atoms with Gasteiger partial charge in [-0.2, -0.15) is 0 Å². The maximum atomic E-state index is 12.2. The zero-order valence-corrected chi connectivity index (χ0v) is 14.1. The summed E-state index contributed by atoms with van der Waals surface area (Å²) in [4.78, 5) is 24.2. The van der Waals surface area contributed by atoms with E-state index >= 15 is 0 Å². The van der Waals surface area contributed by atoms with Crippen LogP contribution in [0.15, 0.2) is 48.5 Å². The van der Waals surface area contributed by atoms with Gasteiger partial charge in [-0.3, -0.25) is 9.59 Å². The van der Waals surface area contributed by atoms with Gasteiger partial charge in [0.2, 0.25) is 5.91 Å². The first kappa shape index (κ1) is 17.5. The van der Waals surface area contributed by atoms with Crippen LogP contribution in [0.5, 0.6) is 5.75 Å². The topological polar surface area (TPSA) is 67.4 Å². The van der Waals surface area contributed by atoms with Crippen LogP contribution >= 0.6 is 0 Å². The Balaban J connectivity index is 1.99. The third-order valence-corrected chi connectivity index (χ3v) is 3.35. The summed E-state index contributed by atoms with van der Waals surface area (Å²) < 4.78 is 5.09. The molecule has 2 aromatic rings. The standard InChI is InChI=1S/C19H22N2O3/c1-13(2)20-19(23)15-5-4-6-16(12-15)21-18(22)11-14-7-9-17(24-3)10-8-14/h4-10,12-13H,11H2,1-3H3,(H,20,23)(H,21,22). The summed E-state index contributed by atoms with van der Waals surface area (Å²) in [6.07, 6.45) is 0.256. The van der Waals surface area contributed by atoms with Gasteiger partial charge in [0.05, 0.1) is 13.5 Å². The molecule has 0 saturated carbocycles. The van der Waals surface area contributed by atoms with Crippen molar-refractivity contribution in [2.24, 2.45) is 0 Å². The van der Waals surface area contributed by atoms with E-state index in [0.717, 1.165) is 11.3 Å². The van der Waals surface area contributed by atoms with Crippen LogP contribution in [-0.4, -0.2) is 25.0 Å². The SMILES string of the molecule is COc1ccc(CC(=O)Nc2cccc(C(=O)NC(C)C)c2)cc1. The number of carbonyl (C=O) groups excluding carboxylic acids is 2. The third-order valence-electron chi connectivity index (χ3n) is 3.35. The molecule has 2 amide bonds. The second-order valence-corrected chi connectivity index (χ2v) is 5.78. The number of amides is 2. The van der Waals surface area contributed by atoms with E-state index in [1.165, 1.54) is 0 Å². The lowest BCUT2D eigenvalue weighted by Crippen LogP contribution is -2.30. The van der Waals surface area contributed by atoms with Crippen molar-refractivity contribution >= 4 is 17.5 Å². The summed E-state index contributed by atoms with van der Waals surface area (Å²) in [5.41, 5.74) is 2.01. The van der Waals surface area contributed by atoms with Crippen molar-refractivity contribution in [1.82, 2.24) is 5.32 Å². The zero-order chi connectivity index (χ0) is 17.5. The Labute approximate surface area is 142 Å². The molecule has 5 nitrogen and oxygen atoms in total. The van der Waals surface area contributed by atoms with E-state index < -0.39 is 0 Å². The minimum atomic E-state index is -0.156. The van der Waals surface area contributed by atoms with E-state index in [1.807, 2.05) is 38.1 Å². The summed E-state index contributed by atoms with van der Waals surface area (Å²) in [5.74, 6) is 0.459.